The Kier molecular flexibility index (Phi) is 9.69. The van der Waals surface area contributed by atoms with Gasteiger partial charge in [0.2, 0.25) is 5.91 Å². The fourth-order valence-electron chi connectivity index (χ4n) is 4.28. The van der Waals surface area contributed by atoms with E-state index in [1.807, 2.05) is 6.26 Å². The predicted molar refractivity (Wildman–Crippen MR) is 136 cm³/mol. The number of nitrogens with zero attached hydrogens (tertiary/aromatic N) is 3. The highest BCUT2D eigenvalue weighted by atomic mass is 32.2. The van der Waals surface area contributed by atoms with Gasteiger partial charge >= 0.3 is 6.18 Å². The lowest BCUT2D eigenvalue weighted by Gasteiger charge is -2.35. The van der Waals surface area contributed by atoms with Crippen LogP contribution in [0.1, 0.15) is 35.2 Å². The first-order valence-corrected chi connectivity index (χ1v) is 14.5. The molecule has 0 aliphatic heterocycles. The van der Waals surface area contributed by atoms with Crippen molar-refractivity contribution in [3.63, 3.8) is 0 Å². The smallest absolute Gasteiger partial charge is 0.352 e. The van der Waals surface area contributed by atoms with Gasteiger partial charge in [-0.05, 0) is 79.4 Å². The summed E-state index contributed by atoms with van der Waals surface area (Å²) in [7, 11) is -3.69. The molecule has 14 heteroatoms. The Hall–Kier alpha value is -3.22. The quantitative estimate of drug-likeness (QED) is 0.197. The van der Waals surface area contributed by atoms with Gasteiger partial charge in [0.25, 0.3) is 5.91 Å². The van der Waals surface area contributed by atoms with Crippen molar-refractivity contribution in [2.45, 2.75) is 47.3 Å². The largest absolute Gasteiger partial charge is 0.416 e. The van der Waals surface area contributed by atoms with E-state index in [4.69, 9.17) is 5.53 Å². The van der Waals surface area contributed by atoms with Gasteiger partial charge < -0.3 is 10.6 Å². The predicted octanol–water partition coefficient (Wildman–Crippen LogP) is 4.59. The van der Waals surface area contributed by atoms with Gasteiger partial charge in [0, 0.05) is 27.5 Å². The molecule has 2 aromatic carbocycles. The standard InChI is InChI=1S/C24H26F3N5O4S2/c1-37-19-7-9-20(10-8-19)38(35,36)14-16-5-6-18(31-32-28)12-21(16)30-22(33)13-29-23(34)15-3-2-4-17(11-15)24(25,26)27/h2-4,7-11,16,18,21H,5-6,12-14H2,1H3,(H,29,34)(H,30,33)/t16-,18+,21+/m1/s1. The van der Waals surface area contributed by atoms with E-state index < -0.39 is 57.9 Å². The van der Waals surface area contributed by atoms with Crippen LogP contribution in [0.5, 0.6) is 0 Å². The van der Waals surface area contributed by atoms with Crippen molar-refractivity contribution in [3.05, 3.63) is 70.1 Å². The molecule has 0 radical (unpaired) electrons. The van der Waals surface area contributed by atoms with E-state index in [1.54, 1.807) is 12.1 Å². The van der Waals surface area contributed by atoms with Crippen LogP contribution < -0.4 is 10.6 Å². The summed E-state index contributed by atoms with van der Waals surface area (Å²) >= 11 is 1.48. The average Bonchev–Trinajstić information content (AvgIpc) is 2.88. The molecule has 3 atom stereocenters. The van der Waals surface area contributed by atoms with Gasteiger partial charge in [-0.25, -0.2) is 8.42 Å². The zero-order chi connectivity index (χ0) is 27.9. The summed E-state index contributed by atoms with van der Waals surface area (Å²) in [4.78, 5) is 28.8. The van der Waals surface area contributed by atoms with Crippen LogP contribution in [0.15, 0.2) is 63.4 Å². The van der Waals surface area contributed by atoms with Crippen LogP contribution in [0.3, 0.4) is 0 Å². The molecule has 0 saturated heterocycles. The van der Waals surface area contributed by atoms with Crippen LogP contribution in [-0.2, 0) is 20.8 Å². The fourth-order valence-corrected chi connectivity index (χ4v) is 6.40. The summed E-state index contributed by atoms with van der Waals surface area (Å²) in [6.07, 6.45) is -1.70. The van der Waals surface area contributed by atoms with Crippen LogP contribution in [0.25, 0.3) is 10.4 Å². The second kappa shape index (κ2) is 12.5. The Bertz CT molecular complexity index is 1310. The van der Waals surface area contributed by atoms with E-state index in [0.29, 0.717) is 18.9 Å². The molecule has 0 aromatic heterocycles. The lowest BCUT2D eigenvalue weighted by atomic mass is 9.83. The second-order valence-electron chi connectivity index (χ2n) is 8.82. The third kappa shape index (κ3) is 7.89. The maximum Gasteiger partial charge on any atom is 0.416 e. The Morgan fingerprint density at radius 1 is 1.16 bits per heavy atom. The molecule has 204 valence electrons. The number of carbonyl (C=O) groups excluding carboxylic acids is 2. The number of hydrogen-bond donors (Lipinski definition) is 2. The highest BCUT2D eigenvalue weighted by Crippen LogP contribution is 2.31. The Labute approximate surface area is 222 Å². The molecular weight excluding hydrogens is 543 g/mol. The fraction of sp³-hybridized carbons (Fsp3) is 0.417. The molecule has 3 rings (SSSR count). The third-order valence-corrected chi connectivity index (χ3v) is 8.84. The number of halogens is 3. The van der Waals surface area contributed by atoms with Gasteiger partial charge in [-0.2, -0.15) is 13.2 Å². The molecule has 1 saturated carbocycles. The van der Waals surface area contributed by atoms with E-state index in [-0.39, 0.29) is 22.6 Å². The Balaban J connectivity index is 1.67. The SMILES string of the molecule is CSc1ccc(S(=O)(=O)C[C@H]2CC[C@H](N=[N+]=[N-])C[C@@H]2NC(=O)CNC(=O)c2cccc(C(F)(F)F)c2)cc1. The van der Waals surface area contributed by atoms with E-state index >= 15 is 0 Å². The van der Waals surface area contributed by atoms with E-state index in [1.165, 1.54) is 30.0 Å². The average molecular weight is 570 g/mol. The maximum absolute atomic E-state index is 13.1. The highest BCUT2D eigenvalue weighted by molar-refractivity contribution is 7.98. The highest BCUT2D eigenvalue weighted by Gasteiger charge is 2.35. The summed E-state index contributed by atoms with van der Waals surface area (Å²) in [5.74, 6) is -2.23. The number of nitrogens with one attached hydrogen (secondary N) is 2. The van der Waals surface area contributed by atoms with E-state index in [0.717, 1.165) is 17.0 Å². The molecular formula is C24H26F3N5O4S2. The number of azide groups is 1. The van der Waals surface area contributed by atoms with Crippen LogP contribution >= 0.6 is 11.8 Å². The molecule has 9 nitrogen and oxygen atoms in total. The molecule has 0 heterocycles. The first-order valence-electron chi connectivity index (χ1n) is 11.6. The van der Waals surface area contributed by atoms with Gasteiger partial charge in [-0.1, -0.05) is 11.2 Å². The molecule has 2 amide bonds. The van der Waals surface area contributed by atoms with Crippen LogP contribution in [0, 0.1) is 5.92 Å². The Morgan fingerprint density at radius 3 is 2.50 bits per heavy atom. The topological polar surface area (TPSA) is 141 Å². The number of alkyl halides is 3. The minimum Gasteiger partial charge on any atom is -0.352 e. The number of amides is 2. The molecule has 2 N–H and O–H groups in total. The summed E-state index contributed by atoms with van der Waals surface area (Å²) in [6.45, 7) is -0.534. The second-order valence-corrected chi connectivity index (χ2v) is 11.7. The normalized spacial score (nSPS) is 19.7. The lowest BCUT2D eigenvalue weighted by Crippen LogP contribution is -2.49. The van der Waals surface area contributed by atoms with Crippen molar-refractivity contribution < 1.29 is 31.2 Å². The van der Waals surface area contributed by atoms with Crippen molar-refractivity contribution >= 4 is 33.4 Å². The third-order valence-electron chi connectivity index (χ3n) is 6.24. The number of rotatable bonds is 9. The van der Waals surface area contributed by atoms with Crippen LogP contribution in [0.2, 0.25) is 0 Å². The summed E-state index contributed by atoms with van der Waals surface area (Å²) in [6, 6.07) is 9.19. The zero-order valence-corrected chi connectivity index (χ0v) is 21.9. The molecule has 0 spiro atoms. The molecule has 1 aliphatic carbocycles. The number of thioether (sulfide) groups is 1. The van der Waals surface area contributed by atoms with Crippen molar-refractivity contribution in [2.75, 3.05) is 18.6 Å². The number of carbonyl (C=O) groups is 2. The monoisotopic (exact) mass is 569 g/mol. The van der Waals surface area contributed by atoms with Gasteiger partial charge in [0.15, 0.2) is 9.84 Å². The molecule has 2 aromatic rings. The molecule has 38 heavy (non-hydrogen) atoms. The van der Waals surface area contributed by atoms with Gasteiger partial charge in [0.1, 0.15) is 0 Å². The molecule has 0 unspecified atom stereocenters. The minimum atomic E-state index is -4.62. The van der Waals surface area contributed by atoms with E-state index in [2.05, 4.69) is 20.7 Å². The molecule has 0 bridgehead atoms. The Morgan fingerprint density at radius 2 is 1.87 bits per heavy atom. The lowest BCUT2D eigenvalue weighted by molar-refractivity contribution is -0.137. The van der Waals surface area contributed by atoms with Crippen LogP contribution in [-0.4, -0.2) is 50.9 Å². The number of hydrogen-bond acceptors (Lipinski definition) is 6. The molecule has 1 aliphatic rings. The summed E-state index contributed by atoms with van der Waals surface area (Å²) in [5.41, 5.74) is 7.56. The van der Waals surface area contributed by atoms with Gasteiger partial charge in [0.05, 0.1) is 22.8 Å². The maximum atomic E-state index is 13.1. The number of benzene rings is 2. The molecule has 1 fully saturated rings. The zero-order valence-electron chi connectivity index (χ0n) is 20.3. The van der Waals surface area contributed by atoms with E-state index in [9.17, 15) is 31.2 Å². The van der Waals surface area contributed by atoms with Crippen molar-refractivity contribution in [2.24, 2.45) is 11.0 Å². The first-order chi connectivity index (χ1) is 17.9. The van der Waals surface area contributed by atoms with Crippen molar-refractivity contribution in [3.8, 4) is 0 Å². The summed E-state index contributed by atoms with van der Waals surface area (Å²) < 4.78 is 64.9. The van der Waals surface area contributed by atoms with Gasteiger partial charge in [-0.15, -0.1) is 11.8 Å². The summed E-state index contributed by atoms with van der Waals surface area (Å²) in [5, 5.41) is 8.70. The van der Waals surface area contributed by atoms with Gasteiger partial charge in [-0.3, -0.25) is 9.59 Å². The minimum absolute atomic E-state index is 0.158. The first kappa shape index (κ1) is 29.3. The van der Waals surface area contributed by atoms with Crippen molar-refractivity contribution in [1.29, 1.82) is 0 Å². The number of sulfone groups is 1. The van der Waals surface area contributed by atoms with Crippen LogP contribution in [0.4, 0.5) is 13.2 Å². The van der Waals surface area contributed by atoms with Crippen molar-refractivity contribution in [1.82, 2.24) is 10.6 Å².